The fraction of sp³-hybridized carbons (Fsp3) is 0.174. The van der Waals surface area contributed by atoms with Gasteiger partial charge in [-0.15, -0.1) is 0 Å². The Labute approximate surface area is 176 Å². The summed E-state index contributed by atoms with van der Waals surface area (Å²) in [5.74, 6) is -0.344. The van der Waals surface area contributed by atoms with Crippen molar-refractivity contribution in [2.45, 2.75) is 26.8 Å². The van der Waals surface area contributed by atoms with E-state index in [9.17, 15) is 14.0 Å². The summed E-state index contributed by atoms with van der Waals surface area (Å²) >= 11 is 6.24. The summed E-state index contributed by atoms with van der Waals surface area (Å²) in [7, 11) is 0. The molecule has 3 aromatic heterocycles. The van der Waals surface area contributed by atoms with Crippen molar-refractivity contribution in [2.24, 2.45) is 0 Å². The highest BCUT2D eigenvalue weighted by molar-refractivity contribution is 6.30. The van der Waals surface area contributed by atoms with E-state index in [0.717, 1.165) is 5.56 Å². The summed E-state index contributed by atoms with van der Waals surface area (Å²) < 4.78 is 15.2. The molecule has 4 aromatic rings. The van der Waals surface area contributed by atoms with E-state index in [4.69, 9.17) is 16.6 Å². The van der Waals surface area contributed by atoms with Crippen LogP contribution >= 0.6 is 11.6 Å². The first-order chi connectivity index (χ1) is 14.3. The maximum atomic E-state index is 13.7. The van der Waals surface area contributed by atoms with Crippen LogP contribution in [0, 0.1) is 12.7 Å². The summed E-state index contributed by atoms with van der Waals surface area (Å²) in [5, 5.41) is 0.486. The van der Waals surface area contributed by atoms with Crippen LogP contribution in [0.25, 0.3) is 33.4 Å². The number of aryl methyl sites for hydroxylation is 1. The van der Waals surface area contributed by atoms with Gasteiger partial charge in [-0.05, 0) is 56.7 Å². The predicted molar refractivity (Wildman–Crippen MR) is 118 cm³/mol. The van der Waals surface area contributed by atoms with Crippen LogP contribution in [0.15, 0.2) is 58.4 Å². The second-order valence-electron chi connectivity index (χ2n) is 7.46. The van der Waals surface area contributed by atoms with Gasteiger partial charge in [-0.2, -0.15) is 0 Å². The van der Waals surface area contributed by atoms with E-state index >= 15 is 0 Å². The number of pyridine rings is 3. The molecule has 0 atom stereocenters. The molecule has 7 heteroatoms. The summed E-state index contributed by atoms with van der Waals surface area (Å²) in [6.45, 7) is 5.57. The van der Waals surface area contributed by atoms with Gasteiger partial charge in [0.2, 0.25) is 0 Å². The molecular weight excluding hydrogens is 405 g/mol. The molecular formula is C23H19ClFN3O2. The lowest BCUT2D eigenvalue weighted by Gasteiger charge is -2.16. The van der Waals surface area contributed by atoms with E-state index in [1.807, 2.05) is 13.8 Å². The van der Waals surface area contributed by atoms with Gasteiger partial charge in [0.15, 0.2) is 5.43 Å². The average Bonchev–Trinajstić information content (AvgIpc) is 2.69. The summed E-state index contributed by atoms with van der Waals surface area (Å²) in [6.07, 6.45) is 3.25. The first-order valence-corrected chi connectivity index (χ1v) is 9.85. The Morgan fingerprint density at radius 1 is 1.10 bits per heavy atom. The second-order valence-corrected chi connectivity index (χ2v) is 7.87. The Kier molecular flexibility index (Phi) is 5.03. The number of hydrogen-bond donors (Lipinski definition) is 1. The number of aromatic amines is 1. The highest BCUT2D eigenvalue weighted by Crippen LogP contribution is 2.35. The zero-order valence-electron chi connectivity index (χ0n) is 16.7. The highest BCUT2D eigenvalue weighted by atomic mass is 35.5. The number of rotatable bonds is 3. The molecule has 0 unspecified atom stereocenters. The van der Waals surface area contributed by atoms with Crippen molar-refractivity contribution in [2.75, 3.05) is 0 Å². The van der Waals surface area contributed by atoms with Gasteiger partial charge in [0, 0.05) is 41.2 Å². The molecule has 30 heavy (non-hydrogen) atoms. The molecule has 4 rings (SSSR count). The smallest absolute Gasteiger partial charge is 0.269 e. The topological polar surface area (TPSA) is 67.8 Å². The van der Waals surface area contributed by atoms with Crippen LogP contribution in [-0.4, -0.2) is 14.5 Å². The standard InChI is InChI=1S/C23H19ClFN3O2/c1-12(2)28-11-14(9-19(24)23(28)30)17-10-18-20(29)6-7-26-22(18)27-21(17)16-5-4-15(25)8-13(16)3/h4-12H,1-3H3,(H,26,27,29). The van der Waals surface area contributed by atoms with Crippen LogP contribution in [-0.2, 0) is 0 Å². The maximum Gasteiger partial charge on any atom is 0.269 e. The van der Waals surface area contributed by atoms with Gasteiger partial charge in [0.05, 0.1) is 11.1 Å². The van der Waals surface area contributed by atoms with Crippen molar-refractivity contribution in [3.8, 4) is 22.4 Å². The minimum atomic E-state index is -0.344. The zero-order valence-corrected chi connectivity index (χ0v) is 17.4. The predicted octanol–water partition coefficient (Wildman–Crippen LogP) is 5.10. The molecule has 152 valence electrons. The van der Waals surface area contributed by atoms with Crippen molar-refractivity contribution in [3.05, 3.63) is 85.8 Å². The van der Waals surface area contributed by atoms with Crippen LogP contribution in [0.1, 0.15) is 25.5 Å². The molecule has 0 bridgehead atoms. The number of benzene rings is 1. The fourth-order valence-electron chi connectivity index (χ4n) is 3.51. The first kappa shape index (κ1) is 20.0. The Balaban J connectivity index is 2.12. The number of nitrogens with one attached hydrogen (secondary N) is 1. The molecule has 0 radical (unpaired) electrons. The highest BCUT2D eigenvalue weighted by Gasteiger charge is 2.17. The van der Waals surface area contributed by atoms with Crippen molar-refractivity contribution >= 4 is 22.6 Å². The number of aromatic nitrogens is 3. The molecule has 0 aliphatic carbocycles. The molecule has 5 nitrogen and oxygen atoms in total. The third-order valence-electron chi connectivity index (χ3n) is 5.05. The maximum absolute atomic E-state index is 13.7. The van der Waals surface area contributed by atoms with Crippen LogP contribution in [0.5, 0.6) is 0 Å². The average molecular weight is 424 g/mol. The lowest BCUT2D eigenvalue weighted by molar-refractivity contribution is 0.579. The SMILES string of the molecule is Cc1cc(F)ccc1-c1nc2[nH]ccc(=O)c2cc1-c1cc(Cl)c(=O)n(C(C)C)c1. The lowest BCUT2D eigenvalue weighted by Crippen LogP contribution is -2.21. The van der Waals surface area contributed by atoms with Crippen molar-refractivity contribution < 1.29 is 4.39 Å². The van der Waals surface area contributed by atoms with E-state index in [1.165, 1.54) is 24.4 Å². The molecule has 0 amide bonds. The molecule has 0 saturated heterocycles. The summed E-state index contributed by atoms with van der Waals surface area (Å²) in [5.41, 5.74) is 3.21. The number of fused-ring (bicyclic) bond motifs is 1. The number of hydrogen-bond acceptors (Lipinski definition) is 3. The van der Waals surface area contributed by atoms with Crippen LogP contribution < -0.4 is 11.0 Å². The van der Waals surface area contributed by atoms with Gasteiger partial charge < -0.3 is 9.55 Å². The minimum Gasteiger partial charge on any atom is -0.346 e. The third kappa shape index (κ3) is 3.44. The van der Waals surface area contributed by atoms with Gasteiger partial charge in [0.25, 0.3) is 5.56 Å². The Bertz CT molecular complexity index is 1410. The third-order valence-corrected chi connectivity index (χ3v) is 5.32. The second kappa shape index (κ2) is 7.54. The van der Waals surface area contributed by atoms with Gasteiger partial charge in [-0.1, -0.05) is 11.6 Å². The van der Waals surface area contributed by atoms with E-state index in [0.29, 0.717) is 33.4 Å². The zero-order chi connectivity index (χ0) is 21.6. The van der Waals surface area contributed by atoms with Crippen LogP contribution in [0.4, 0.5) is 4.39 Å². The molecule has 0 aliphatic rings. The van der Waals surface area contributed by atoms with Crippen LogP contribution in [0.3, 0.4) is 0 Å². The summed E-state index contributed by atoms with van der Waals surface area (Å²) in [6, 6.07) is 9.09. The van der Waals surface area contributed by atoms with Crippen molar-refractivity contribution in [3.63, 3.8) is 0 Å². The van der Waals surface area contributed by atoms with E-state index in [2.05, 4.69) is 4.98 Å². The van der Waals surface area contributed by atoms with Gasteiger partial charge in [0.1, 0.15) is 16.5 Å². The molecule has 0 fully saturated rings. The normalized spacial score (nSPS) is 11.4. The van der Waals surface area contributed by atoms with Gasteiger partial charge in [-0.25, -0.2) is 9.37 Å². The van der Waals surface area contributed by atoms with Gasteiger partial charge >= 0.3 is 0 Å². The summed E-state index contributed by atoms with van der Waals surface area (Å²) in [4.78, 5) is 32.5. The molecule has 0 spiro atoms. The minimum absolute atomic E-state index is 0.0741. The molecule has 1 N–H and O–H groups in total. The molecule has 3 heterocycles. The van der Waals surface area contributed by atoms with Crippen molar-refractivity contribution in [1.29, 1.82) is 0 Å². The molecule has 1 aromatic carbocycles. The Morgan fingerprint density at radius 3 is 2.57 bits per heavy atom. The molecule has 0 aliphatic heterocycles. The van der Waals surface area contributed by atoms with E-state index < -0.39 is 0 Å². The first-order valence-electron chi connectivity index (χ1n) is 9.47. The fourth-order valence-corrected chi connectivity index (χ4v) is 3.73. The Hall–Kier alpha value is -3.25. The van der Waals surface area contributed by atoms with Crippen LogP contribution in [0.2, 0.25) is 5.02 Å². The van der Waals surface area contributed by atoms with Crippen molar-refractivity contribution in [1.82, 2.24) is 14.5 Å². The van der Waals surface area contributed by atoms with Gasteiger partial charge in [-0.3, -0.25) is 9.59 Å². The number of H-pyrrole nitrogens is 1. The number of nitrogens with zero attached hydrogens (tertiary/aromatic N) is 2. The Morgan fingerprint density at radius 2 is 1.87 bits per heavy atom. The quantitative estimate of drug-likeness (QED) is 0.498. The largest absolute Gasteiger partial charge is 0.346 e. The van der Waals surface area contributed by atoms with E-state index in [1.54, 1.807) is 35.9 Å². The lowest BCUT2D eigenvalue weighted by atomic mass is 9.96. The van der Waals surface area contributed by atoms with E-state index in [-0.39, 0.29) is 27.9 Å². The number of halogens is 2. The molecule has 0 saturated carbocycles. The monoisotopic (exact) mass is 423 g/mol.